The van der Waals surface area contributed by atoms with Crippen LogP contribution in [0.5, 0.6) is 0 Å². The Morgan fingerprint density at radius 2 is 2.21 bits per heavy atom. The van der Waals surface area contributed by atoms with E-state index in [2.05, 4.69) is 11.4 Å². The van der Waals surface area contributed by atoms with Crippen LogP contribution in [0.2, 0.25) is 0 Å². The average Bonchev–Trinajstić information content (AvgIpc) is 2.48. The van der Waals surface area contributed by atoms with Crippen LogP contribution in [0.25, 0.3) is 0 Å². The van der Waals surface area contributed by atoms with Crippen molar-refractivity contribution < 1.29 is 9.53 Å². The Hall–Kier alpha value is -1.08. The highest BCUT2D eigenvalue weighted by Gasteiger charge is 2.32. The van der Waals surface area contributed by atoms with Crippen molar-refractivity contribution in [1.82, 2.24) is 5.32 Å². The maximum absolute atomic E-state index is 11.5. The minimum Gasteiger partial charge on any atom is -0.459 e. The van der Waals surface area contributed by atoms with Crippen molar-refractivity contribution in [2.24, 2.45) is 5.92 Å². The van der Waals surface area contributed by atoms with Crippen LogP contribution in [0.15, 0.2) is 0 Å². The maximum atomic E-state index is 11.5. The zero-order chi connectivity index (χ0) is 10.8. The molecule has 1 aliphatic heterocycles. The van der Waals surface area contributed by atoms with E-state index >= 15 is 0 Å². The van der Waals surface area contributed by atoms with Gasteiger partial charge in [0.2, 0.25) is 0 Å². The molecule has 0 aromatic heterocycles. The van der Waals surface area contributed by atoms with Crippen LogP contribution in [0.3, 0.4) is 0 Å². The molecule has 0 saturated carbocycles. The SMILES string of the molecule is CC(C)(C)OC(=O)C1CC(C#N)CN1. The van der Waals surface area contributed by atoms with Gasteiger partial charge in [0, 0.05) is 6.54 Å². The predicted octanol–water partition coefficient (Wildman–Crippen LogP) is 0.830. The van der Waals surface area contributed by atoms with Crippen LogP contribution in [-0.4, -0.2) is 24.2 Å². The Bertz CT molecular complexity index is 262. The highest BCUT2D eigenvalue weighted by molar-refractivity contribution is 5.76. The van der Waals surface area contributed by atoms with Gasteiger partial charge in [-0.2, -0.15) is 5.26 Å². The standard InChI is InChI=1S/C10H16N2O2/c1-10(2,3)14-9(13)8-4-7(5-11)6-12-8/h7-8,12H,4,6H2,1-3H3. The van der Waals surface area contributed by atoms with E-state index in [1.54, 1.807) is 0 Å². The van der Waals surface area contributed by atoms with E-state index in [0.29, 0.717) is 13.0 Å². The second kappa shape index (κ2) is 3.97. The van der Waals surface area contributed by atoms with Crippen molar-refractivity contribution in [3.8, 4) is 6.07 Å². The van der Waals surface area contributed by atoms with Gasteiger partial charge < -0.3 is 10.1 Å². The van der Waals surface area contributed by atoms with Gasteiger partial charge >= 0.3 is 5.97 Å². The molecule has 1 N–H and O–H groups in total. The number of nitrogens with zero attached hydrogens (tertiary/aromatic N) is 1. The lowest BCUT2D eigenvalue weighted by Crippen LogP contribution is -2.37. The summed E-state index contributed by atoms with van der Waals surface area (Å²) in [5.41, 5.74) is -0.455. The molecule has 0 bridgehead atoms. The second-order valence-electron chi connectivity index (χ2n) is 4.56. The van der Waals surface area contributed by atoms with Crippen molar-refractivity contribution >= 4 is 5.97 Å². The number of rotatable bonds is 1. The second-order valence-corrected chi connectivity index (χ2v) is 4.56. The summed E-state index contributed by atoms with van der Waals surface area (Å²) in [5, 5.41) is 11.6. The fourth-order valence-corrected chi connectivity index (χ4v) is 1.39. The third-order valence-electron chi connectivity index (χ3n) is 2.00. The first-order valence-electron chi connectivity index (χ1n) is 4.78. The highest BCUT2D eigenvalue weighted by Crippen LogP contribution is 2.16. The molecule has 0 radical (unpaired) electrons. The van der Waals surface area contributed by atoms with Crippen molar-refractivity contribution in [2.45, 2.75) is 38.8 Å². The summed E-state index contributed by atoms with van der Waals surface area (Å²) in [5.74, 6) is -0.317. The van der Waals surface area contributed by atoms with E-state index in [4.69, 9.17) is 10.00 Å². The Morgan fingerprint density at radius 1 is 1.57 bits per heavy atom. The fourth-order valence-electron chi connectivity index (χ4n) is 1.39. The first-order chi connectivity index (χ1) is 6.42. The summed E-state index contributed by atoms with van der Waals surface area (Å²) in [6.07, 6.45) is 0.561. The predicted molar refractivity (Wildman–Crippen MR) is 51.4 cm³/mol. The lowest BCUT2D eigenvalue weighted by molar-refractivity contribution is -0.157. The average molecular weight is 196 g/mol. The molecule has 0 aliphatic carbocycles. The Balaban J connectivity index is 2.45. The van der Waals surface area contributed by atoms with Crippen molar-refractivity contribution in [3.05, 3.63) is 0 Å². The lowest BCUT2D eigenvalue weighted by Gasteiger charge is -2.21. The molecule has 1 rings (SSSR count). The molecule has 4 nitrogen and oxygen atoms in total. The van der Waals surface area contributed by atoms with Crippen LogP contribution in [0, 0.1) is 17.2 Å². The largest absolute Gasteiger partial charge is 0.459 e. The number of nitrogens with one attached hydrogen (secondary N) is 1. The minimum absolute atomic E-state index is 0.0625. The molecule has 4 heteroatoms. The quantitative estimate of drug-likeness (QED) is 0.631. The van der Waals surface area contributed by atoms with Gasteiger partial charge in [0.05, 0.1) is 12.0 Å². The molecule has 1 saturated heterocycles. The van der Waals surface area contributed by atoms with Crippen LogP contribution in [-0.2, 0) is 9.53 Å². The minimum atomic E-state index is -0.455. The molecule has 0 aromatic rings. The van der Waals surface area contributed by atoms with Gasteiger partial charge in [-0.05, 0) is 27.2 Å². The fraction of sp³-hybridized carbons (Fsp3) is 0.800. The Kier molecular flexibility index (Phi) is 3.12. The Morgan fingerprint density at radius 3 is 2.64 bits per heavy atom. The normalized spacial score (nSPS) is 27.0. The highest BCUT2D eigenvalue weighted by atomic mass is 16.6. The lowest BCUT2D eigenvalue weighted by atomic mass is 10.1. The molecule has 2 unspecified atom stereocenters. The summed E-state index contributed by atoms with van der Waals surface area (Å²) < 4.78 is 5.20. The monoisotopic (exact) mass is 196 g/mol. The van der Waals surface area contributed by atoms with Gasteiger partial charge in [-0.1, -0.05) is 0 Å². The molecule has 1 heterocycles. The summed E-state index contributed by atoms with van der Waals surface area (Å²) in [6, 6.07) is 1.83. The van der Waals surface area contributed by atoms with E-state index in [0.717, 1.165) is 0 Å². The summed E-state index contributed by atoms with van der Waals surface area (Å²) >= 11 is 0. The van der Waals surface area contributed by atoms with Gasteiger partial charge in [-0.25, -0.2) is 0 Å². The van der Waals surface area contributed by atoms with Gasteiger partial charge in [0.25, 0.3) is 0 Å². The first kappa shape index (κ1) is 11.0. The van der Waals surface area contributed by atoms with Gasteiger partial charge in [-0.15, -0.1) is 0 Å². The molecule has 0 aromatic carbocycles. The number of carbonyl (C=O) groups excluding carboxylic acids is 1. The van der Waals surface area contributed by atoms with E-state index in [1.165, 1.54) is 0 Å². The smallest absolute Gasteiger partial charge is 0.323 e. The van der Waals surface area contributed by atoms with Gasteiger partial charge in [0.1, 0.15) is 11.6 Å². The first-order valence-corrected chi connectivity index (χ1v) is 4.78. The van der Waals surface area contributed by atoms with Crippen molar-refractivity contribution in [3.63, 3.8) is 0 Å². The third kappa shape index (κ3) is 3.00. The third-order valence-corrected chi connectivity index (χ3v) is 2.00. The van der Waals surface area contributed by atoms with Crippen molar-refractivity contribution in [1.29, 1.82) is 5.26 Å². The van der Waals surface area contributed by atoms with Crippen LogP contribution in [0.1, 0.15) is 27.2 Å². The number of hydrogen-bond donors (Lipinski definition) is 1. The number of carbonyl (C=O) groups is 1. The van der Waals surface area contributed by atoms with E-state index in [-0.39, 0.29) is 17.9 Å². The number of hydrogen-bond acceptors (Lipinski definition) is 4. The van der Waals surface area contributed by atoms with E-state index < -0.39 is 5.60 Å². The van der Waals surface area contributed by atoms with Crippen molar-refractivity contribution in [2.75, 3.05) is 6.54 Å². The Labute approximate surface area is 84.2 Å². The number of esters is 1. The van der Waals surface area contributed by atoms with E-state index in [9.17, 15) is 4.79 Å². The summed E-state index contributed by atoms with van der Waals surface area (Å²) in [4.78, 5) is 11.5. The molecule has 1 aliphatic rings. The molecule has 0 spiro atoms. The molecule has 0 amide bonds. The van der Waals surface area contributed by atoms with Crippen LogP contribution < -0.4 is 5.32 Å². The molecular formula is C10H16N2O2. The number of nitriles is 1. The summed E-state index contributed by atoms with van der Waals surface area (Å²) in [6.45, 7) is 6.09. The maximum Gasteiger partial charge on any atom is 0.323 e. The molecule has 14 heavy (non-hydrogen) atoms. The van der Waals surface area contributed by atoms with Gasteiger partial charge in [-0.3, -0.25) is 4.79 Å². The molecular weight excluding hydrogens is 180 g/mol. The van der Waals surface area contributed by atoms with Crippen LogP contribution >= 0.6 is 0 Å². The zero-order valence-electron chi connectivity index (χ0n) is 8.83. The summed E-state index contributed by atoms with van der Waals surface area (Å²) in [7, 11) is 0. The van der Waals surface area contributed by atoms with E-state index in [1.807, 2.05) is 20.8 Å². The van der Waals surface area contributed by atoms with Gasteiger partial charge in [0.15, 0.2) is 0 Å². The van der Waals surface area contributed by atoms with Crippen LogP contribution in [0.4, 0.5) is 0 Å². The zero-order valence-corrected chi connectivity index (χ0v) is 8.83. The number of ether oxygens (including phenoxy) is 1. The molecule has 1 fully saturated rings. The topological polar surface area (TPSA) is 62.1 Å². The molecule has 2 atom stereocenters. The molecule has 78 valence electrons.